The Balaban J connectivity index is 1.41. The second-order valence-electron chi connectivity index (χ2n) is 8.50. The predicted octanol–water partition coefficient (Wildman–Crippen LogP) is 3.70. The van der Waals surface area contributed by atoms with Crippen molar-refractivity contribution in [1.82, 2.24) is 19.7 Å². The Labute approximate surface area is 200 Å². The summed E-state index contributed by atoms with van der Waals surface area (Å²) in [6.07, 6.45) is 0.363. The van der Waals surface area contributed by atoms with Crippen LogP contribution in [0.15, 0.2) is 64.8 Å². The van der Waals surface area contributed by atoms with Gasteiger partial charge in [-0.1, -0.05) is 36.4 Å². The number of carbonyl (C=O) groups is 1. The molecule has 34 heavy (non-hydrogen) atoms. The molecule has 9 heteroatoms. The highest BCUT2D eigenvalue weighted by molar-refractivity contribution is 7.14. The van der Waals surface area contributed by atoms with Gasteiger partial charge < -0.3 is 4.74 Å². The molecule has 174 valence electrons. The van der Waals surface area contributed by atoms with Crippen molar-refractivity contribution < 1.29 is 9.53 Å². The zero-order valence-corrected chi connectivity index (χ0v) is 19.8. The predicted molar refractivity (Wildman–Crippen MR) is 133 cm³/mol. The fourth-order valence-electron chi connectivity index (χ4n) is 4.34. The smallest absolute Gasteiger partial charge is 0.279 e. The minimum atomic E-state index is -0.407. The molecular weight excluding hydrogens is 450 g/mol. The quantitative estimate of drug-likeness (QED) is 0.473. The molecule has 1 aliphatic heterocycles. The standard InChI is InChI=1S/C25H25N5O3S/c1-16-12-29(13-17(2)33-16)14-18-15-34-25(26-18)27-23(31)22-20-10-6-7-11-21(20)24(32)30(28-22)19-8-4-3-5-9-19/h3-11,15-17H,12-14H2,1-2H3,(H,26,27,31)/t16-,17-/m1/s1. The van der Waals surface area contributed by atoms with E-state index in [0.717, 1.165) is 18.8 Å². The average Bonchev–Trinajstić information content (AvgIpc) is 3.25. The Morgan fingerprint density at radius 3 is 2.47 bits per heavy atom. The van der Waals surface area contributed by atoms with Crippen molar-refractivity contribution in [2.75, 3.05) is 18.4 Å². The maximum Gasteiger partial charge on any atom is 0.279 e. The third kappa shape index (κ3) is 4.63. The van der Waals surface area contributed by atoms with Crippen LogP contribution < -0.4 is 10.9 Å². The van der Waals surface area contributed by atoms with Crippen molar-refractivity contribution in [2.24, 2.45) is 0 Å². The van der Waals surface area contributed by atoms with Crippen LogP contribution in [0.1, 0.15) is 30.0 Å². The SMILES string of the molecule is C[C@@H]1CN(Cc2csc(NC(=O)c3nn(-c4ccccc4)c(=O)c4ccccc34)n2)C[C@@H](C)O1. The monoisotopic (exact) mass is 475 g/mol. The van der Waals surface area contributed by atoms with E-state index in [4.69, 9.17) is 4.74 Å². The second-order valence-corrected chi connectivity index (χ2v) is 9.35. The molecule has 1 fully saturated rings. The summed E-state index contributed by atoms with van der Waals surface area (Å²) in [6, 6.07) is 16.1. The average molecular weight is 476 g/mol. The molecule has 1 amide bonds. The molecule has 2 aromatic carbocycles. The molecule has 3 heterocycles. The number of rotatable bonds is 5. The Bertz CT molecular complexity index is 1370. The van der Waals surface area contributed by atoms with Gasteiger partial charge in [0.05, 0.1) is 29.0 Å². The van der Waals surface area contributed by atoms with E-state index in [0.29, 0.717) is 28.1 Å². The Morgan fingerprint density at radius 2 is 1.74 bits per heavy atom. The minimum absolute atomic E-state index is 0.173. The number of hydrogen-bond acceptors (Lipinski definition) is 7. The summed E-state index contributed by atoms with van der Waals surface area (Å²) in [5.74, 6) is -0.407. The normalized spacial score (nSPS) is 18.8. The molecule has 5 rings (SSSR count). The Hall–Kier alpha value is -3.40. The summed E-state index contributed by atoms with van der Waals surface area (Å²) < 4.78 is 7.07. The van der Waals surface area contributed by atoms with Crippen LogP contribution in [0.5, 0.6) is 0 Å². The number of aromatic nitrogens is 3. The molecule has 1 aliphatic rings. The number of amides is 1. The first-order chi connectivity index (χ1) is 16.5. The lowest BCUT2D eigenvalue weighted by atomic mass is 10.1. The van der Waals surface area contributed by atoms with E-state index in [-0.39, 0.29) is 23.5 Å². The third-order valence-corrected chi connectivity index (χ3v) is 6.48. The van der Waals surface area contributed by atoms with Gasteiger partial charge in [0.15, 0.2) is 10.8 Å². The maximum absolute atomic E-state index is 13.3. The summed E-state index contributed by atoms with van der Waals surface area (Å²) in [5, 5.41) is 10.7. The number of nitrogens with zero attached hydrogens (tertiary/aromatic N) is 4. The van der Waals surface area contributed by atoms with Crippen LogP contribution >= 0.6 is 11.3 Å². The van der Waals surface area contributed by atoms with E-state index in [9.17, 15) is 9.59 Å². The van der Waals surface area contributed by atoms with Crippen LogP contribution in [-0.4, -0.2) is 50.9 Å². The summed E-state index contributed by atoms with van der Waals surface area (Å²) in [4.78, 5) is 33.2. The third-order valence-electron chi connectivity index (χ3n) is 5.67. The number of fused-ring (bicyclic) bond motifs is 1. The molecule has 0 unspecified atom stereocenters. The van der Waals surface area contributed by atoms with Crippen molar-refractivity contribution in [3.8, 4) is 5.69 Å². The van der Waals surface area contributed by atoms with E-state index in [2.05, 4.69) is 34.1 Å². The summed E-state index contributed by atoms with van der Waals surface area (Å²) in [7, 11) is 0. The number of nitrogens with one attached hydrogen (secondary N) is 1. The van der Waals surface area contributed by atoms with Crippen molar-refractivity contribution in [3.05, 3.63) is 81.7 Å². The van der Waals surface area contributed by atoms with Crippen LogP contribution in [0.25, 0.3) is 16.5 Å². The van der Waals surface area contributed by atoms with Gasteiger partial charge in [-0.05, 0) is 32.0 Å². The first-order valence-corrected chi connectivity index (χ1v) is 12.1. The highest BCUT2D eigenvalue weighted by atomic mass is 32.1. The lowest BCUT2D eigenvalue weighted by molar-refractivity contribution is -0.0707. The van der Waals surface area contributed by atoms with Gasteiger partial charge in [-0.25, -0.2) is 4.98 Å². The van der Waals surface area contributed by atoms with Crippen LogP contribution in [0, 0.1) is 0 Å². The van der Waals surface area contributed by atoms with Crippen LogP contribution in [0.2, 0.25) is 0 Å². The van der Waals surface area contributed by atoms with Crippen LogP contribution in [-0.2, 0) is 11.3 Å². The minimum Gasteiger partial charge on any atom is -0.373 e. The fraction of sp³-hybridized carbons (Fsp3) is 0.280. The van der Waals surface area contributed by atoms with Gasteiger partial charge in [-0.3, -0.25) is 19.8 Å². The number of carbonyl (C=O) groups excluding carboxylic acids is 1. The summed E-state index contributed by atoms with van der Waals surface area (Å²) >= 11 is 1.37. The molecule has 0 aliphatic carbocycles. The second kappa shape index (κ2) is 9.46. The van der Waals surface area contributed by atoms with Gasteiger partial charge in [0.25, 0.3) is 11.5 Å². The topological polar surface area (TPSA) is 89.4 Å². The van der Waals surface area contributed by atoms with Gasteiger partial charge in [-0.2, -0.15) is 9.78 Å². The number of anilines is 1. The van der Waals surface area contributed by atoms with E-state index in [1.165, 1.54) is 16.0 Å². The van der Waals surface area contributed by atoms with Crippen molar-refractivity contribution >= 4 is 33.1 Å². The molecular formula is C25H25N5O3S. The lowest BCUT2D eigenvalue weighted by Crippen LogP contribution is -2.44. The molecule has 2 aromatic heterocycles. The number of morpholine rings is 1. The molecule has 4 aromatic rings. The molecule has 0 bridgehead atoms. The van der Waals surface area contributed by atoms with Gasteiger partial charge in [0.1, 0.15) is 0 Å². The molecule has 8 nitrogen and oxygen atoms in total. The molecule has 0 saturated carbocycles. The van der Waals surface area contributed by atoms with E-state index < -0.39 is 5.91 Å². The Kier molecular flexibility index (Phi) is 6.23. The van der Waals surface area contributed by atoms with Gasteiger partial charge in [0.2, 0.25) is 0 Å². The number of ether oxygens (including phenoxy) is 1. The van der Waals surface area contributed by atoms with Crippen molar-refractivity contribution in [1.29, 1.82) is 0 Å². The molecule has 1 N–H and O–H groups in total. The van der Waals surface area contributed by atoms with E-state index >= 15 is 0 Å². The fourth-order valence-corrected chi connectivity index (χ4v) is 5.03. The number of thiazole rings is 1. The molecule has 0 spiro atoms. The van der Waals surface area contributed by atoms with E-state index in [1.54, 1.807) is 36.4 Å². The number of para-hydroxylation sites is 1. The summed E-state index contributed by atoms with van der Waals surface area (Å²) in [6.45, 7) is 6.54. The highest BCUT2D eigenvalue weighted by Crippen LogP contribution is 2.21. The van der Waals surface area contributed by atoms with Crippen molar-refractivity contribution in [3.63, 3.8) is 0 Å². The zero-order chi connectivity index (χ0) is 23.7. The largest absolute Gasteiger partial charge is 0.373 e. The molecule has 0 radical (unpaired) electrons. The van der Waals surface area contributed by atoms with E-state index in [1.807, 2.05) is 23.6 Å². The summed E-state index contributed by atoms with van der Waals surface area (Å²) in [5.41, 5.74) is 1.39. The number of hydrogen-bond donors (Lipinski definition) is 1. The highest BCUT2D eigenvalue weighted by Gasteiger charge is 2.23. The number of benzene rings is 2. The molecule has 1 saturated heterocycles. The Morgan fingerprint density at radius 1 is 1.06 bits per heavy atom. The van der Waals surface area contributed by atoms with Gasteiger partial charge >= 0.3 is 0 Å². The van der Waals surface area contributed by atoms with Gasteiger partial charge in [0, 0.05) is 30.4 Å². The first kappa shape index (κ1) is 22.4. The van der Waals surface area contributed by atoms with Crippen LogP contribution in [0.4, 0.5) is 5.13 Å². The van der Waals surface area contributed by atoms with Gasteiger partial charge in [-0.15, -0.1) is 11.3 Å². The zero-order valence-electron chi connectivity index (χ0n) is 19.0. The van der Waals surface area contributed by atoms with Crippen molar-refractivity contribution in [2.45, 2.75) is 32.6 Å². The molecule has 2 atom stereocenters. The first-order valence-electron chi connectivity index (χ1n) is 11.2. The van der Waals surface area contributed by atoms with Crippen LogP contribution in [0.3, 0.4) is 0 Å². The lowest BCUT2D eigenvalue weighted by Gasteiger charge is -2.34. The maximum atomic E-state index is 13.3.